The van der Waals surface area contributed by atoms with Crippen LogP contribution in [-0.4, -0.2) is 29.3 Å². The Bertz CT molecular complexity index is 1400. The minimum absolute atomic E-state index is 0.179. The average molecular weight is 468 g/mol. The van der Waals surface area contributed by atoms with Gasteiger partial charge in [0, 0.05) is 22.0 Å². The van der Waals surface area contributed by atoms with Crippen LogP contribution in [0.15, 0.2) is 72.8 Å². The van der Waals surface area contributed by atoms with Gasteiger partial charge >= 0.3 is 5.97 Å². The van der Waals surface area contributed by atoms with Crippen LogP contribution in [0, 0.1) is 22.0 Å². The fourth-order valence-electron chi connectivity index (χ4n) is 6.28. The van der Waals surface area contributed by atoms with Gasteiger partial charge in [-0.15, -0.1) is 0 Å². The maximum atomic E-state index is 14.0. The fraction of sp³-hybridized carbons (Fsp3) is 0.222. The standard InChI is InChI=1S/C27H20N2O6/c1-2-35-26(32)15-8-7-9-16(14-15)28-24(30)22-21-17-10-3-5-12-19(17)27(29(33)34,23(22)25(28)31)20-13-6-4-11-18(20)21/h3-14,21-23H,2H2,1H3/t21?,22-,23-,27?/m0/s1. The molecular formula is C27H20N2O6. The molecular weight excluding hydrogens is 448 g/mol. The van der Waals surface area contributed by atoms with Crippen molar-refractivity contribution < 1.29 is 24.0 Å². The molecule has 0 saturated carbocycles. The minimum atomic E-state index is -1.88. The molecule has 3 aromatic rings. The van der Waals surface area contributed by atoms with Crippen LogP contribution in [-0.2, 0) is 19.9 Å². The van der Waals surface area contributed by atoms with Gasteiger partial charge in [0.15, 0.2) is 0 Å². The van der Waals surface area contributed by atoms with E-state index >= 15 is 0 Å². The van der Waals surface area contributed by atoms with E-state index in [1.165, 1.54) is 12.1 Å². The van der Waals surface area contributed by atoms with Crippen LogP contribution in [0.4, 0.5) is 5.69 Å². The van der Waals surface area contributed by atoms with Crippen molar-refractivity contribution >= 4 is 23.5 Å². The third kappa shape index (κ3) is 2.53. The molecule has 0 aromatic heterocycles. The van der Waals surface area contributed by atoms with Crippen molar-refractivity contribution in [2.45, 2.75) is 18.4 Å². The highest BCUT2D eigenvalue weighted by Gasteiger charge is 2.74. The number of carbonyl (C=O) groups is 3. The first-order valence-corrected chi connectivity index (χ1v) is 11.4. The van der Waals surface area contributed by atoms with Gasteiger partial charge in [0.05, 0.1) is 23.8 Å². The zero-order valence-electron chi connectivity index (χ0n) is 18.7. The van der Waals surface area contributed by atoms with E-state index in [4.69, 9.17) is 4.74 Å². The van der Waals surface area contributed by atoms with Gasteiger partial charge in [-0.1, -0.05) is 54.6 Å². The van der Waals surface area contributed by atoms with Gasteiger partial charge in [0.1, 0.15) is 5.92 Å². The summed E-state index contributed by atoms with van der Waals surface area (Å²) in [7, 11) is 0. The lowest BCUT2D eigenvalue weighted by molar-refractivity contribution is -0.578. The van der Waals surface area contributed by atoms with Gasteiger partial charge < -0.3 is 4.74 Å². The maximum absolute atomic E-state index is 14.0. The molecule has 7 rings (SSSR count). The normalized spacial score (nSPS) is 25.6. The van der Waals surface area contributed by atoms with Crippen LogP contribution in [0.2, 0.25) is 0 Å². The third-order valence-corrected chi connectivity index (χ3v) is 7.48. The molecule has 3 aromatic carbocycles. The SMILES string of the molecule is CCOC(=O)c1cccc(N2C(=O)[C@@H]3[C@@H](C2=O)C2c4ccccc4C3([N+](=O)[O-])c3ccccc32)c1. The molecule has 1 fully saturated rings. The fourth-order valence-corrected chi connectivity index (χ4v) is 6.28. The second kappa shape index (κ2) is 7.33. The van der Waals surface area contributed by atoms with Crippen molar-refractivity contribution in [1.82, 2.24) is 0 Å². The number of esters is 1. The molecule has 8 heteroatoms. The lowest BCUT2D eigenvalue weighted by Gasteiger charge is -2.48. The molecule has 1 aliphatic heterocycles. The number of amides is 2. The summed E-state index contributed by atoms with van der Waals surface area (Å²) < 4.78 is 5.05. The second-order valence-corrected chi connectivity index (χ2v) is 8.96. The van der Waals surface area contributed by atoms with Gasteiger partial charge in [-0.05, 0) is 36.2 Å². The highest BCUT2D eigenvalue weighted by molar-refractivity contribution is 6.23. The van der Waals surface area contributed by atoms with Crippen molar-refractivity contribution in [3.8, 4) is 0 Å². The molecule has 0 unspecified atom stereocenters. The highest BCUT2D eigenvalue weighted by Crippen LogP contribution is 2.64. The Kier molecular flexibility index (Phi) is 4.45. The van der Waals surface area contributed by atoms with Crippen LogP contribution in [0.25, 0.3) is 0 Å². The number of anilines is 1. The Morgan fingerprint density at radius 1 is 0.971 bits per heavy atom. The molecule has 35 heavy (non-hydrogen) atoms. The quantitative estimate of drug-likeness (QED) is 0.250. The van der Waals surface area contributed by atoms with Crippen molar-refractivity contribution in [2.75, 3.05) is 11.5 Å². The monoisotopic (exact) mass is 468 g/mol. The van der Waals surface area contributed by atoms with Crippen LogP contribution in [0.1, 0.15) is 45.5 Å². The van der Waals surface area contributed by atoms with Crippen LogP contribution >= 0.6 is 0 Å². The topological polar surface area (TPSA) is 107 Å². The molecule has 1 heterocycles. The number of benzene rings is 3. The van der Waals surface area contributed by atoms with Gasteiger partial charge in [0.25, 0.3) is 5.54 Å². The molecule has 0 radical (unpaired) electrons. The lowest BCUT2D eigenvalue weighted by atomic mass is 9.51. The average Bonchev–Trinajstić information content (AvgIpc) is 3.14. The summed E-state index contributed by atoms with van der Waals surface area (Å²) in [4.78, 5) is 53.7. The zero-order chi connectivity index (χ0) is 24.5. The molecule has 8 nitrogen and oxygen atoms in total. The Morgan fingerprint density at radius 2 is 1.60 bits per heavy atom. The second-order valence-electron chi connectivity index (χ2n) is 8.96. The van der Waals surface area contributed by atoms with E-state index in [9.17, 15) is 24.5 Å². The lowest BCUT2D eigenvalue weighted by Crippen LogP contribution is -2.57. The molecule has 0 N–H and O–H groups in total. The molecule has 174 valence electrons. The third-order valence-electron chi connectivity index (χ3n) is 7.48. The first-order valence-electron chi connectivity index (χ1n) is 11.4. The predicted octanol–water partition coefficient (Wildman–Crippen LogP) is 3.65. The summed E-state index contributed by atoms with van der Waals surface area (Å²) in [5.74, 6) is -4.32. The van der Waals surface area contributed by atoms with Crippen LogP contribution in [0.5, 0.6) is 0 Å². The molecule has 2 atom stereocenters. The molecule has 4 aliphatic rings. The molecule has 2 bridgehead atoms. The molecule has 3 aliphatic carbocycles. The first-order chi connectivity index (χ1) is 16.9. The number of imide groups is 1. The summed E-state index contributed by atoms with van der Waals surface area (Å²) in [5.41, 5.74) is 0.827. The van der Waals surface area contributed by atoms with E-state index in [0.717, 1.165) is 4.90 Å². The zero-order valence-corrected chi connectivity index (χ0v) is 18.7. The van der Waals surface area contributed by atoms with Crippen molar-refractivity contribution in [1.29, 1.82) is 0 Å². The number of hydrogen-bond donors (Lipinski definition) is 0. The van der Waals surface area contributed by atoms with E-state index in [-0.39, 0.29) is 17.9 Å². The molecule has 2 amide bonds. The van der Waals surface area contributed by atoms with Gasteiger partial charge in [0.2, 0.25) is 11.8 Å². The summed E-state index contributed by atoms with van der Waals surface area (Å²) in [6.45, 7) is 1.86. The Hall–Kier alpha value is -4.33. The number of carbonyl (C=O) groups excluding carboxylic acids is 3. The Labute approximate surface area is 200 Å². The van der Waals surface area contributed by atoms with E-state index in [0.29, 0.717) is 22.3 Å². The van der Waals surface area contributed by atoms with E-state index in [1.807, 2.05) is 12.1 Å². The van der Waals surface area contributed by atoms with E-state index in [2.05, 4.69) is 0 Å². The van der Waals surface area contributed by atoms with Crippen LogP contribution in [0.3, 0.4) is 0 Å². The van der Waals surface area contributed by atoms with Gasteiger partial charge in [-0.25, -0.2) is 9.69 Å². The highest BCUT2D eigenvalue weighted by atomic mass is 16.6. The Balaban J connectivity index is 1.57. The predicted molar refractivity (Wildman–Crippen MR) is 124 cm³/mol. The summed E-state index contributed by atoms with van der Waals surface area (Å²) in [5, 5.41) is 13.0. The van der Waals surface area contributed by atoms with Gasteiger partial charge in [-0.3, -0.25) is 19.7 Å². The molecule has 1 saturated heterocycles. The largest absolute Gasteiger partial charge is 0.462 e. The van der Waals surface area contributed by atoms with Gasteiger partial charge in [-0.2, -0.15) is 0 Å². The minimum Gasteiger partial charge on any atom is -0.462 e. The summed E-state index contributed by atoms with van der Waals surface area (Å²) in [6.07, 6.45) is 0. The number of rotatable bonds is 4. The van der Waals surface area contributed by atoms with E-state index < -0.39 is 46.0 Å². The smallest absolute Gasteiger partial charge is 0.338 e. The number of nitro groups is 1. The number of ether oxygens (including phenoxy) is 1. The van der Waals surface area contributed by atoms with Crippen molar-refractivity contribution in [3.05, 3.63) is 111 Å². The number of nitrogens with zero attached hydrogens (tertiary/aromatic N) is 2. The maximum Gasteiger partial charge on any atom is 0.338 e. The number of hydrogen-bond acceptors (Lipinski definition) is 6. The first kappa shape index (κ1) is 21.2. The Morgan fingerprint density at radius 3 is 2.20 bits per heavy atom. The van der Waals surface area contributed by atoms with Crippen LogP contribution < -0.4 is 4.90 Å². The summed E-state index contributed by atoms with van der Waals surface area (Å²) >= 11 is 0. The molecule has 0 spiro atoms. The summed E-state index contributed by atoms with van der Waals surface area (Å²) in [6, 6.07) is 20.1. The van der Waals surface area contributed by atoms with Crippen molar-refractivity contribution in [3.63, 3.8) is 0 Å². The van der Waals surface area contributed by atoms with Crippen molar-refractivity contribution in [2.24, 2.45) is 11.8 Å². The van der Waals surface area contributed by atoms with E-state index in [1.54, 1.807) is 55.5 Å².